The molecule has 0 saturated heterocycles. The summed E-state index contributed by atoms with van der Waals surface area (Å²) in [5.41, 5.74) is 2.42. The van der Waals surface area contributed by atoms with Crippen LogP contribution < -0.4 is 10.3 Å². The lowest BCUT2D eigenvalue weighted by atomic mass is 10.2. The first kappa shape index (κ1) is 12.6. The van der Waals surface area contributed by atoms with Gasteiger partial charge in [0.15, 0.2) is 0 Å². The second-order valence-corrected chi connectivity index (χ2v) is 4.98. The zero-order chi connectivity index (χ0) is 13.2. The van der Waals surface area contributed by atoms with Gasteiger partial charge in [-0.05, 0) is 12.1 Å². The molecule has 0 spiro atoms. The molecule has 1 heterocycles. The van der Waals surface area contributed by atoms with E-state index < -0.39 is 10.2 Å². The number of benzene rings is 2. The van der Waals surface area contributed by atoms with Crippen molar-refractivity contribution in [2.45, 2.75) is 0 Å². The summed E-state index contributed by atoms with van der Waals surface area (Å²) < 4.78 is 18.4. The number of nitrogens with one attached hydrogen (secondary N) is 1. The van der Waals surface area contributed by atoms with Crippen LogP contribution in [0.2, 0.25) is 0 Å². The first-order valence-electron chi connectivity index (χ1n) is 5.21. The van der Waals surface area contributed by atoms with E-state index in [1.54, 1.807) is 0 Å². The average Bonchev–Trinajstić information content (AvgIpc) is 2.65. The van der Waals surface area contributed by atoms with Gasteiger partial charge in [0.1, 0.15) is 0 Å². The van der Waals surface area contributed by atoms with E-state index in [2.05, 4.69) is 63.8 Å². The molecule has 6 heteroatoms. The van der Waals surface area contributed by atoms with Crippen LogP contribution in [0.15, 0.2) is 48.5 Å². The van der Waals surface area contributed by atoms with Crippen LogP contribution in [0.4, 0.5) is 0 Å². The first-order valence-corrected chi connectivity index (χ1v) is 6.82. The van der Waals surface area contributed by atoms with Gasteiger partial charge in [0.05, 0.1) is 0 Å². The summed E-state index contributed by atoms with van der Waals surface area (Å²) in [6, 6.07) is 16.8. The first-order chi connectivity index (χ1) is 8.45. The lowest BCUT2D eigenvalue weighted by Gasteiger charge is -1.87. The summed E-state index contributed by atoms with van der Waals surface area (Å²) in [5.74, 6) is 0. The van der Waals surface area contributed by atoms with E-state index in [9.17, 15) is 8.42 Å². The van der Waals surface area contributed by atoms with Gasteiger partial charge in [-0.2, -0.15) is 8.42 Å². The highest BCUT2D eigenvalue weighted by atomic mass is 32.2. The van der Waals surface area contributed by atoms with Crippen molar-refractivity contribution in [2.75, 3.05) is 0 Å². The molecule has 18 heavy (non-hydrogen) atoms. The van der Waals surface area contributed by atoms with Crippen LogP contribution in [-0.4, -0.2) is 13.4 Å². The van der Waals surface area contributed by atoms with Crippen LogP contribution in [-0.2, 0) is 10.2 Å². The topological polar surface area (TPSA) is 102 Å². The highest BCUT2D eigenvalue weighted by Gasteiger charge is 2.00. The Balaban J connectivity index is 0.000000209. The third kappa shape index (κ3) is 3.07. The zero-order valence-corrected chi connectivity index (χ0v) is 10.3. The predicted octanol–water partition coefficient (Wildman–Crippen LogP) is 1.47. The van der Waals surface area contributed by atoms with E-state index in [-0.39, 0.29) is 0 Å². The largest absolute Gasteiger partial charge is 0.355 e. The molecule has 0 aliphatic heterocycles. The number of rotatable bonds is 0. The van der Waals surface area contributed by atoms with Gasteiger partial charge >= 0.3 is 0 Å². The molecular formula is C12H13N3O2S. The Hall–Kier alpha value is -1.89. The highest BCUT2D eigenvalue weighted by Crippen LogP contribution is 2.24. The number of aromatic amines is 1. The summed E-state index contributed by atoms with van der Waals surface area (Å²) in [7, 11) is -3.67. The fraction of sp³-hybridized carbons (Fsp3) is 0. The van der Waals surface area contributed by atoms with Gasteiger partial charge in [0, 0.05) is 21.8 Å². The van der Waals surface area contributed by atoms with E-state index >= 15 is 0 Å². The molecule has 1 aromatic heterocycles. The predicted molar refractivity (Wildman–Crippen MR) is 73.1 cm³/mol. The number of aromatic nitrogens is 1. The third-order valence-corrected chi connectivity index (χ3v) is 2.41. The molecule has 3 rings (SSSR count). The number of nitrogens with two attached hydrogens (primary N) is 2. The number of hydrogen-bond donors (Lipinski definition) is 3. The Morgan fingerprint density at radius 3 is 1.50 bits per heavy atom. The quantitative estimate of drug-likeness (QED) is 0.572. The van der Waals surface area contributed by atoms with Gasteiger partial charge in [-0.3, -0.25) is 0 Å². The minimum absolute atomic E-state index is 1.21. The summed E-state index contributed by atoms with van der Waals surface area (Å²) >= 11 is 0. The van der Waals surface area contributed by atoms with E-state index in [1.807, 2.05) is 0 Å². The SMILES string of the molecule is NS(N)(=O)=O.c1ccc2c(c1)[nH]c1ccccc12. The average molecular weight is 263 g/mol. The minimum Gasteiger partial charge on any atom is -0.355 e. The van der Waals surface area contributed by atoms with E-state index in [1.165, 1.54) is 21.8 Å². The molecule has 0 bridgehead atoms. The summed E-state index contributed by atoms with van der Waals surface area (Å²) in [6.07, 6.45) is 0. The molecule has 0 radical (unpaired) electrons. The van der Waals surface area contributed by atoms with Crippen LogP contribution >= 0.6 is 0 Å². The van der Waals surface area contributed by atoms with Gasteiger partial charge in [-0.25, -0.2) is 10.3 Å². The van der Waals surface area contributed by atoms with Crippen molar-refractivity contribution in [3.8, 4) is 0 Å². The van der Waals surface area contributed by atoms with Gasteiger partial charge in [0.25, 0.3) is 10.2 Å². The second-order valence-electron chi connectivity index (χ2n) is 3.81. The van der Waals surface area contributed by atoms with E-state index in [4.69, 9.17) is 0 Å². The van der Waals surface area contributed by atoms with Gasteiger partial charge in [-0.15, -0.1) is 0 Å². The lowest BCUT2D eigenvalue weighted by molar-refractivity contribution is 0.599. The highest BCUT2D eigenvalue weighted by molar-refractivity contribution is 7.86. The van der Waals surface area contributed by atoms with Crippen molar-refractivity contribution in [2.24, 2.45) is 10.3 Å². The zero-order valence-electron chi connectivity index (χ0n) is 9.50. The second kappa shape index (κ2) is 4.77. The van der Waals surface area contributed by atoms with Crippen molar-refractivity contribution in [1.29, 1.82) is 0 Å². The van der Waals surface area contributed by atoms with Gasteiger partial charge in [-0.1, -0.05) is 36.4 Å². The van der Waals surface area contributed by atoms with Crippen molar-refractivity contribution in [1.82, 2.24) is 4.98 Å². The van der Waals surface area contributed by atoms with Crippen LogP contribution in [0.25, 0.3) is 21.8 Å². The van der Waals surface area contributed by atoms with Crippen LogP contribution in [0.3, 0.4) is 0 Å². The molecule has 0 fully saturated rings. The molecular weight excluding hydrogens is 250 g/mol. The normalized spacial score (nSPS) is 11.2. The summed E-state index contributed by atoms with van der Waals surface area (Å²) in [6.45, 7) is 0. The van der Waals surface area contributed by atoms with Crippen molar-refractivity contribution >= 4 is 32.0 Å². The lowest BCUT2D eigenvalue weighted by Crippen LogP contribution is -2.21. The maximum absolute atomic E-state index is 9.19. The molecule has 94 valence electrons. The van der Waals surface area contributed by atoms with Crippen LogP contribution in [0.1, 0.15) is 0 Å². The maximum atomic E-state index is 9.19. The molecule has 0 unspecified atom stereocenters. The minimum atomic E-state index is -3.67. The monoisotopic (exact) mass is 263 g/mol. The third-order valence-electron chi connectivity index (χ3n) is 2.41. The Morgan fingerprint density at radius 1 is 0.778 bits per heavy atom. The van der Waals surface area contributed by atoms with Gasteiger partial charge in [0.2, 0.25) is 0 Å². The van der Waals surface area contributed by atoms with Crippen LogP contribution in [0.5, 0.6) is 0 Å². The number of para-hydroxylation sites is 2. The van der Waals surface area contributed by atoms with Crippen molar-refractivity contribution in [3.63, 3.8) is 0 Å². The molecule has 0 atom stereocenters. The molecule has 2 aromatic carbocycles. The van der Waals surface area contributed by atoms with Crippen molar-refractivity contribution in [3.05, 3.63) is 48.5 Å². The Bertz CT molecular complexity index is 720. The fourth-order valence-electron chi connectivity index (χ4n) is 1.80. The molecule has 0 saturated carbocycles. The smallest absolute Gasteiger partial charge is 0.271 e. The molecule has 5 N–H and O–H groups in total. The number of H-pyrrole nitrogens is 1. The summed E-state index contributed by atoms with van der Waals surface area (Å²) in [4.78, 5) is 3.38. The van der Waals surface area contributed by atoms with Crippen LogP contribution in [0, 0.1) is 0 Å². The maximum Gasteiger partial charge on any atom is 0.271 e. The fourth-order valence-corrected chi connectivity index (χ4v) is 1.80. The molecule has 0 amide bonds. The molecule has 0 aliphatic rings. The number of fused-ring (bicyclic) bond motifs is 3. The van der Waals surface area contributed by atoms with Crippen molar-refractivity contribution < 1.29 is 8.42 Å². The molecule has 5 nitrogen and oxygen atoms in total. The van der Waals surface area contributed by atoms with E-state index in [0.717, 1.165) is 0 Å². The Morgan fingerprint density at radius 2 is 1.11 bits per heavy atom. The number of hydrogen-bond acceptors (Lipinski definition) is 2. The van der Waals surface area contributed by atoms with Gasteiger partial charge < -0.3 is 4.98 Å². The summed E-state index contributed by atoms with van der Waals surface area (Å²) in [5, 5.41) is 10.8. The standard InChI is InChI=1S/C12H9N.H4N2O2S/c1-3-7-11-9(5-1)10-6-2-4-8-12(10)13-11;1-5(2,3)4/h1-8,13H;(H4,1,2,3,4). The Labute approximate surface area is 105 Å². The van der Waals surface area contributed by atoms with E-state index in [0.29, 0.717) is 0 Å². The molecule has 3 aromatic rings. The Kier molecular flexibility index (Phi) is 3.33. The molecule has 0 aliphatic carbocycles.